The fourth-order valence-electron chi connectivity index (χ4n) is 4.37. The molecule has 0 unspecified atom stereocenters. The third kappa shape index (κ3) is 8.23. The summed E-state index contributed by atoms with van der Waals surface area (Å²) in [5, 5.41) is 22.8. The van der Waals surface area contributed by atoms with Gasteiger partial charge in [0, 0.05) is 61.8 Å². The molecule has 1 radical (unpaired) electrons. The monoisotopic (exact) mass is 636 g/mol. The van der Waals surface area contributed by atoms with Gasteiger partial charge in [-0.3, -0.25) is 9.98 Å². The maximum absolute atomic E-state index is 10.8. The Hall–Kier alpha value is -1.04. The van der Waals surface area contributed by atoms with E-state index in [9.17, 15) is 10.2 Å². The molecular formula is C28H36BrCl2MnN2O2-. The Labute approximate surface area is 246 Å². The molecule has 0 bridgehead atoms. The molecular weight excluding hydrogens is 602 g/mol. The molecule has 0 aliphatic heterocycles. The zero-order valence-electron chi connectivity index (χ0n) is 21.7. The van der Waals surface area contributed by atoms with Gasteiger partial charge in [-0.05, 0) is 47.9 Å². The predicted molar refractivity (Wildman–Crippen MR) is 145 cm³/mol. The summed E-state index contributed by atoms with van der Waals surface area (Å²) in [6, 6.07) is 7.09. The van der Waals surface area contributed by atoms with E-state index in [1.54, 1.807) is 24.6 Å². The van der Waals surface area contributed by atoms with Crippen LogP contribution in [0.2, 0.25) is 10.0 Å². The summed E-state index contributed by atoms with van der Waals surface area (Å²) < 4.78 is 0. The van der Waals surface area contributed by atoms with Crippen LogP contribution in [0.4, 0.5) is 0 Å². The molecule has 3 rings (SSSR count). The van der Waals surface area contributed by atoms with Crippen molar-refractivity contribution in [2.24, 2.45) is 9.98 Å². The van der Waals surface area contributed by atoms with E-state index in [4.69, 9.17) is 33.2 Å². The van der Waals surface area contributed by atoms with E-state index in [0.717, 1.165) is 36.8 Å². The van der Waals surface area contributed by atoms with Crippen molar-refractivity contribution in [2.45, 2.75) is 90.1 Å². The van der Waals surface area contributed by atoms with Crippen LogP contribution in [0, 0.1) is 0 Å². The standard InChI is InChI=1S/C28H36Cl2N2O2.BrH.Mn/c1-27(2,3)21-13-19(29)11-17(25(21)33)15-31-23-9-7-8-10-24(23)32-16-18-12-20(30)14-22(26(18)34)28(4,5)6;;/h11-16,23-24,33-34H,7-10H2,1-6H3;1H;/p-1/t23-,24-;;/m1../s1. The van der Waals surface area contributed by atoms with Crippen LogP contribution in [-0.4, -0.2) is 34.7 Å². The summed E-state index contributed by atoms with van der Waals surface area (Å²) in [7, 11) is 0. The first-order valence-electron chi connectivity index (χ1n) is 11.9. The predicted octanol–water partition coefficient (Wildman–Crippen LogP) is 4.85. The number of hydrogen-bond donors (Lipinski definition) is 2. The summed E-state index contributed by atoms with van der Waals surface area (Å²) in [4.78, 5) is 9.65. The van der Waals surface area contributed by atoms with Crippen LogP contribution in [-0.2, 0) is 27.9 Å². The first-order valence-corrected chi connectivity index (χ1v) is 12.7. The van der Waals surface area contributed by atoms with Crippen molar-refractivity contribution in [1.29, 1.82) is 0 Å². The van der Waals surface area contributed by atoms with Crippen molar-refractivity contribution in [2.75, 3.05) is 0 Å². The van der Waals surface area contributed by atoms with Crippen molar-refractivity contribution >= 4 is 35.6 Å². The minimum absolute atomic E-state index is 0. The number of halogens is 3. The molecule has 1 aliphatic carbocycles. The fourth-order valence-corrected chi connectivity index (χ4v) is 4.83. The zero-order chi connectivity index (χ0) is 25.3. The fraction of sp³-hybridized carbons (Fsp3) is 0.500. The molecule has 8 heteroatoms. The van der Waals surface area contributed by atoms with Gasteiger partial charge in [-0.2, -0.15) is 0 Å². The average molecular weight is 638 g/mol. The molecule has 2 atom stereocenters. The number of aromatic hydroxyl groups is 2. The molecule has 36 heavy (non-hydrogen) atoms. The molecule has 1 saturated carbocycles. The molecule has 2 aromatic carbocycles. The Bertz CT molecular complexity index is 1020. The molecule has 0 heterocycles. The second-order valence-electron chi connectivity index (χ2n) is 11.3. The van der Waals surface area contributed by atoms with Crippen LogP contribution in [0.1, 0.15) is 89.5 Å². The van der Waals surface area contributed by atoms with Crippen molar-refractivity contribution in [3.05, 3.63) is 56.6 Å². The number of phenolic OH excluding ortho intramolecular Hbond substituents is 2. The average Bonchev–Trinajstić information content (AvgIpc) is 2.73. The third-order valence-corrected chi connectivity index (χ3v) is 6.76. The van der Waals surface area contributed by atoms with Gasteiger partial charge in [0.1, 0.15) is 11.5 Å². The second-order valence-corrected chi connectivity index (χ2v) is 12.1. The number of hydrogen-bond acceptors (Lipinski definition) is 4. The van der Waals surface area contributed by atoms with E-state index in [2.05, 4.69) is 0 Å². The van der Waals surface area contributed by atoms with Gasteiger partial charge >= 0.3 is 0 Å². The molecule has 199 valence electrons. The quantitative estimate of drug-likeness (QED) is 0.372. The number of rotatable bonds is 4. The van der Waals surface area contributed by atoms with E-state index in [0.29, 0.717) is 21.2 Å². The molecule has 0 amide bonds. The normalized spacial score (nSPS) is 18.8. The molecule has 2 aromatic rings. The Morgan fingerprint density at radius 2 is 1.06 bits per heavy atom. The maximum atomic E-state index is 10.8. The Morgan fingerprint density at radius 3 is 1.36 bits per heavy atom. The van der Waals surface area contributed by atoms with Crippen LogP contribution in [0.5, 0.6) is 11.5 Å². The van der Waals surface area contributed by atoms with E-state index in [1.165, 1.54) is 0 Å². The molecule has 0 saturated heterocycles. The maximum Gasteiger partial charge on any atom is 0.128 e. The van der Waals surface area contributed by atoms with Crippen LogP contribution in [0.3, 0.4) is 0 Å². The van der Waals surface area contributed by atoms with Gasteiger partial charge < -0.3 is 27.2 Å². The van der Waals surface area contributed by atoms with E-state index >= 15 is 0 Å². The molecule has 4 nitrogen and oxygen atoms in total. The van der Waals surface area contributed by atoms with E-state index in [-0.39, 0.29) is 68.5 Å². The van der Waals surface area contributed by atoms with Gasteiger partial charge in [-0.15, -0.1) is 0 Å². The van der Waals surface area contributed by atoms with Gasteiger partial charge in [-0.1, -0.05) is 77.6 Å². The Kier molecular flexibility index (Phi) is 12.1. The number of aliphatic imine (C=N–C) groups is 2. The summed E-state index contributed by atoms with van der Waals surface area (Å²) in [6.45, 7) is 12.3. The van der Waals surface area contributed by atoms with E-state index < -0.39 is 0 Å². The van der Waals surface area contributed by atoms with Crippen molar-refractivity contribution in [1.82, 2.24) is 0 Å². The molecule has 1 aliphatic rings. The first-order chi connectivity index (χ1) is 15.8. The van der Waals surface area contributed by atoms with Crippen LogP contribution in [0.25, 0.3) is 0 Å². The van der Waals surface area contributed by atoms with Crippen LogP contribution < -0.4 is 17.0 Å². The van der Waals surface area contributed by atoms with Gasteiger partial charge in [0.05, 0.1) is 12.1 Å². The molecule has 2 N–H and O–H groups in total. The van der Waals surface area contributed by atoms with Crippen molar-refractivity contribution in [3.8, 4) is 11.5 Å². The summed E-state index contributed by atoms with van der Waals surface area (Å²) >= 11 is 12.7. The largest absolute Gasteiger partial charge is 1.00 e. The minimum Gasteiger partial charge on any atom is -1.00 e. The van der Waals surface area contributed by atoms with Gasteiger partial charge in [0.25, 0.3) is 0 Å². The first kappa shape index (κ1) is 33.0. The van der Waals surface area contributed by atoms with Gasteiger partial charge in [0.2, 0.25) is 0 Å². The Morgan fingerprint density at radius 1 is 0.722 bits per heavy atom. The van der Waals surface area contributed by atoms with E-state index in [1.807, 2.05) is 53.7 Å². The number of phenols is 2. The van der Waals surface area contributed by atoms with Crippen molar-refractivity contribution in [3.63, 3.8) is 0 Å². The second kappa shape index (κ2) is 13.2. The Balaban J connectivity index is 0.00000324. The minimum atomic E-state index is -0.236. The van der Waals surface area contributed by atoms with Crippen LogP contribution in [0.15, 0.2) is 34.3 Å². The van der Waals surface area contributed by atoms with Crippen LogP contribution >= 0.6 is 23.2 Å². The molecule has 0 spiro atoms. The number of nitrogens with zero attached hydrogens (tertiary/aromatic N) is 2. The van der Waals surface area contributed by atoms with Crippen molar-refractivity contribution < 1.29 is 44.3 Å². The number of benzene rings is 2. The SMILES string of the molecule is CC(C)(C)c1cc(Cl)cc(C=N[C@@H]2CCCC[C@H]2N=Cc2cc(Cl)cc(C(C)(C)C)c2O)c1O.[Br-].[Mn]. The smallest absolute Gasteiger partial charge is 0.128 e. The summed E-state index contributed by atoms with van der Waals surface area (Å²) in [5.74, 6) is 0.435. The molecule has 1 fully saturated rings. The summed E-state index contributed by atoms with van der Waals surface area (Å²) in [6.07, 6.45) is 7.45. The topological polar surface area (TPSA) is 65.2 Å². The van der Waals surface area contributed by atoms with Gasteiger partial charge in [-0.25, -0.2) is 0 Å². The molecule has 0 aromatic heterocycles. The third-order valence-electron chi connectivity index (χ3n) is 6.33. The summed E-state index contributed by atoms with van der Waals surface area (Å²) in [5.41, 5.74) is 2.36. The zero-order valence-corrected chi connectivity index (χ0v) is 26.0. The van der Waals surface area contributed by atoms with Gasteiger partial charge in [0.15, 0.2) is 0 Å².